The predicted octanol–water partition coefficient (Wildman–Crippen LogP) is 21.5. The van der Waals surface area contributed by atoms with Gasteiger partial charge in [-0.15, -0.1) is 0 Å². The van der Waals surface area contributed by atoms with Crippen molar-refractivity contribution in [3.8, 4) is 123 Å². The molecule has 6 aromatic carbocycles. The molecule has 0 aliphatic carbocycles. The fourth-order valence-electron chi connectivity index (χ4n) is 10.5. The first kappa shape index (κ1) is 119. The Morgan fingerprint density at radius 3 is 0.557 bits per heavy atom. The summed E-state index contributed by atoms with van der Waals surface area (Å²) < 4.78 is 64.8. The molecule has 38 nitrogen and oxygen atoms in total. The van der Waals surface area contributed by atoms with E-state index in [0.717, 1.165) is 165 Å². The van der Waals surface area contributed by atoms with Gasteiger partial charge in [0, 0.05) is 77.7 Å². The zero-order valence-electron chi connectivity index (χ0n) is 78.4. The van der Waals surface area contributed by atoms with E-state index in [1.54, 1.807) is 32.1 Å². The van der Waals surface area contributed by atoms with E-state index in [1.165, 1.54) is 161 Å². The van der Waals surface area contributed by atoms with Crippen molar-refractivity contribution in [3.63, 3.8) is 0 Å². The number of nitrogens with zero attached hydrogens (tertiary/aromatic N) is 11. The maximum Gasteiger partial charge on any atom is 0.389 e. The number of ketones is 3. The number of nitriles is 5. The zero-order valence-corrected chi connectivity index (χ0v) is 88.2. The van der Waals surface area contributed by atoms with Crippen LogP contribution in [0.5, 0.6) is 69.0 Å². The molecule has 0 saturated heterocycles. The molecule has 0 aromatic heterocycles. The van der Waals surface area contributed by atoms with Gasteiger partial charge in [-0.1, -0.05) is 165 Å². The lowest BCUT2D eigenvalue weighted by Gasteiger charge is -2.10. The van der Waals surface area contributed by atoms with Crippen LogP contribution >= 0.6 is 141 Å². The summed E-state index contributed by atoms with van der Waals surface area (Å²) in [4.78, 5) is 196. The Labute approximate surface area is 899 Å². The van der Waals surface area contributed by atoms with Crippen LogP contribution in [0.25, 0.3) is 29.1 Å². The van der Waals surface area contributed by atoms with E-state index in [9.17, 15) is 71.9 Å². The number of benzene rings is 6. The van der Waals surface area contributed by atoms with Crippen molar-refractivity contribution < 1.29 is 129 Å². The van der Waals surface area contributed by atoms with Crippen LogP contribution in [0, 0.1) is 120 Å². The molecular formula is C99H59N11O27S12. The number of ether oxygens (including phenoxy) is 12. The van der Waals surface area contributed by atoms with Crippen molar-refractivity contribution >= 4 is 230 Å². The fraction of sp³-hybridized carbons (Fsp3) is 0.131. The molecule has 50 heteroatoms. The molecule has 6 aliphatic rings. The Morgan fingerprint density at radius 2 is 0.416 bits per heavy atom. The van der Waals surface area contributed by atoms with Crippen LogP contribution in [-0.2, 0) is 71.9 Å². The first-order valence-corrected chi connectivity index (χ1v) is 50.1. The second kappa shape index (κ2) is 58.3. The van der Waals surface area contributed by atoms with Crippen LogP contribution in [0.1, 0.15) is 90.0 Å². The van der Waals surface area contributed by atoms with Crippen LogP contribution in [0.4, 0.5) is 0 Å². The Hall–Kier alpha value is -16.9. The summed E-state index contributed by atoms with van der Waals surface area (Å²) >= 11 is 13.3. The number of Topliss-reactive ketones (excluding diaryl/α,β-unsaturated/α-hetero) is 1. The van der Waals surface area contributed by atoms with Gasteiger partial charge in [0.1, 0.15) is 69.0 Å². The number of thioether (sulfide) groups is 12. The second-order valence-corrected chi connectivity index (χ2v) is 40.6. The molecule has 0 radical (unpaired) electrons. The Bertz CT molecular complexity index is 7230. The summed E-state index contributed by atoms with van der Waals surface area (Å²) in [6.45, 7) is 60.4. The van der Waals surface area contributed by atoms with Crippen molar-refractivity contribution in [2.75, 3.05) is 0 Å². The van der Waals surface area contributed by atoms with E-state index in [1.807, 2.05) is 24.3 Å². The van der Waals surface area contributed by atoms with Crippen LogP contribution in [0.2, 0.25) is 0 Å². The molecule has 6 aromatic rings. The predicted molar refractivity (Wildman–Crippen MR) is 547 cm³/mol. The lowest BCUT2D eigenvalue weighted by Crippen LogP contribution is -2.07. The Morgan fingerprint density at radius 1 is 0.248 bits per heavy atom. The van der Waals surface area contributed by atoms with Crippen LogP contribution in [0.3, 0.4) is 0 Å². The highest BCUT2D eigenvalue weighted by atomic mass is 32.2. The van der Waals surface area contributed by atoms with Crippen molar-refractivity contribution in [1.82, 2.24) is 0 Å². The van der Waals surface area contributed by atoms with E-state index < -0.39 is 71.6 Å². The summed E-state index contributed by atoms with van der Waals surface area (Å²) in [6.07, 6.45) is 9.70. The molecule has 0 unspecified atom stereocenters. The molecule has 744 valence electrons. The van der Waals surface area contributed by atoms with Gasteiger partial charge in [0.15, 0.2) is 17.3 Å². The molecule has 6 aliphatic heterocycles. The third-order valence-electron chi connectivity index (χ3n) is 16.0. The van der Waals surface area contributed by atoms with Crippen molar-refractivity contribution in [2.24, 2.45) is 0 Å². The van der Waals surface area contributed by atoms with Crippen LogP contribution in [-0.4, -0.2) is 89.0 Å². The third-order valence-corrected chi connectivity index (χ3v) is 31.6. The number of carbonyl (C=O) groups is 15. The fourth-order valence-corrected chi connectivity index (χ4v) is 25.6. The maximum absolute atomic E-state index is 11.9. The van der Waals surface area contributed by atoms with Gasteiger partial charge in [-0.3, -0.25) is 38.4 Å². The summed E-state index contributed by atoms with van der Waals surface area (Å²) in [5.74, 6) is 4.19. The number of esters is 12. The van der Waals surface area contributed by atoms with E-state index in [4.69, 9.17) is 123 Å². The summed E-state index contributed by atoms with van der Waals surface area (Å²) in [7, 11) is 0. The summed E-state index contributed by atoms with van der Waals surface area (Å²) in [6, 6.07) is 26.9. The van der Waals surface area contributed by atoms with Gasteiger partial charge in [0.05, 0.1) is 154 Å². The SMILES string of the molecule is [C-]#[N+]C(C#N)=C1Sc2c(OC(=O)/C=C/C(C)=O)ccc(OC(=O)/C=C/C(C)=O)c2S1.[C-]#[N+]C(C#N)=C1Sc2c(OC(=O)/C=C/C)ccc(OC(=O)/C=C/C)c2S1.[C-]#[N+]C(C#N)=C1Sc2c(OC(=O)C#CC)ccc(OC(=O)C#CC)c2S1.[C-]#[N+]C(C#N)=C1Sc2c(OC(C)=O)ccc(OC(C)=O)c2S1.[C-]#[N+]C(C#N)=C1Sc2c(OC(C)=O)ccc(OC(C)=O)c2S1.[C-]#[N+]C(C(C)=O)=C1Sc2c(OC(C)=O)ccc(OC(C)=O)c2S1. The minimum atomic E-state index is -0.796. The van der Waals surface area contributed by atoms with E-state index in [0.29, 0.717) is 119 Å². The molecule has 12 rings (SSSR count). The quantitative estimate of drug-likeness (QED) is 0.0138. The van der Waals surface area contributed by atoms with Crippen molar-refractivity contribution in [3.05, 3.63) is 250 Å². The first-order chi connectivity index (χ1) is 71.0. The average molecular weight is 2220 g/mol. The van der Waals surface area contributed by atoms with Gasteiger partial charge < -0.3 is 61.6 Å². The maximum atomic E-state index is 11.9. The highest BCUT2D eigenvalue weighted by Crippen LogP contribution is 2.65. The van der Waals surface area contributed by atoms with Crippen LogP contribution in [0.15, 0.2) is 240 Å². The monoisotopic (exact) mass is 2220 g/mol. The third kappa shape index (κ3) is 34.1. The topological polar surface area (TPSA) is 512 Å². The molecule has 6 heterocycles. The van der Waals surface area contributed by atoms with E-state index in [-0.39, 0.29) is 86.0 Å². The van der Waals surface area contributed by atoms with Gasteiger partial charge >= 0.3 is 71.6 Å². The summed E-state index contributed by atoms with van der Waals surface area (Å²) in [5, 5.41) is 45.3. The van der Waals surface area contributed by atoms with Crippen molar-refractivity contribution in [2.45, 2.75) is 149 Å². The normalized spacial score (nSPS) is 11.9. The number of allylic oxidation sites excluding steroid dienone is 10. The molecule has 0 amide bonds. The number of hydrogen-bond acceptors (Lipinski definition) is 44. The lowest BCUT2D eigenvalue weighted by atomic mass is 10.3. The highest BCUT2D eigenvalue weighted by molar-refractivity contribution is 8.27. The zero-order chi connectivity index (χ0) is 110. The van der Waals surface area contributed by atoms with Gasteiger partial charge in [-0.25, -0.2) is 84.1 Å². The van der Waals surface area contributed by atoms with Gasteiger partial charge in [-0.2, -0.15) is 0 Å². The molecule has 0 fully saturated rings. The van der Waals surface area contributed by atoms with Gasteiger partial charge in [0.2, 0.25) is 5.70 Å². The number of hydrogen-bond donors (Lipinski definition) is 0. The second-order valence-electron chi connectivity index (χ2n) is 26.8. The van der Waals surface area contributed by atoms with Gasteiger partial charge in [-0.05, 0) is 133 Å². The molecule has 0 atom stereocenters. The van der Waals surface area contributed by atoms with Crippen molar-refractivity contribution in [1.29, 1.82) is 26.3 Å². The first-order valence-electron chi connectivity index (χ1n) is 40.3. The minimum Gasteiger partial charge on any atom is -0.425 e. The number of rotatable bonds is 19. The van der Waals surface area contributed by atoms with Crippen LogP contribution < -0.4 is 56.8 Å². The van der Waals surface area contributed by atoms with Gasteiger partial charge in [0.25, 0.3) is 28.5 Å². The smallest absolute Gasteiger partial charge is 0.389 e. The molecule has 0 N–H and O–H groups in total. The number of carbonyl (C=O) groups excluding carboxylic acids is 15. The Kier molecular flexibility index (Phi) is 46.6. The highest BCUT2D eigenvalue weighted by Gasteiger charge is 2.37. The molecule has 0 bridgehead atoms. The lowest BCUT2D eigenvalue weighted by molar-refractivity contribution is -0.133. The number of fused-ring (bicyclic) bond motifs is 6. The van der Waals surface area contributed by atoms with E-state index >= 15 is 0 Å². The molecule has 0 saturated carbocycles. The minimum absolute atomic E-state index is 0.00116. The largest absolute Gasteiger partial charge is 0.425 e. The Balaban J connectivity index is 0.000000243. The standard InChI is InChI=1S/C20H12N2O6S2.C18H12N2O4S2.C18H8N2O4S2.C15H11NO5S2.2C14H8N2O4S2/c1-11(23)4-8-16(25)27-14-6-7-15(28-17(26)9-5-12(2)24)19-18(14)29-20(30-19)13(10-21)22-3;2*1-4-6-14(21)23-12-8-9-13(24-15(22)7-5-2)17-16(12)25-18(26-17)11(10-19)20-3;1-7(17)12(16-4)15-22-13-10(20-8(2)18)5-6-11(14(13)23-15)21-9(3)19;2*1-7(17)19-10-4-5-11(20-8(2)18)13-12(10)21-14(22-13)9(6-15)16-3/h4-9H,1-2H3;4-9H,1-2H3;8-9H,1-2H3;5-6H,1-3H3;2*4-5H,1-2H3/b8-4+,9-5+;6-4+,7-5+;;;;. The molecular weight excluding hydrogens is 2160 g/mol. The average Bonchev–Trinajstić information content (AvgIpc) is 1.67. The van der Waals surface area contributed by atoms with E-state index in [2.05, 4.69) is 52.8 Å². The molecule has 149 heavy (non-hydrogen) atoms. The molecule has 0 spiro atoms. The summed E-state index contributed by atoms with van der Waals surface area (Å²) in [5.41, 5.74) is -0.468.